The number of hydrogen-bond acceptors (Lipinski definition) is 2. The summed E-state index contributed by atoms with van der Waals surface area (Å²) in [7, 11) is 0. The second kappa shape index (κ2) is 5.95. The van der Waals surface area contributed by atoms with E-state index in [0.717, 1.165) is 31.7 Å². The Bertz CT molecular complexity index is 570. The predicted octanol–water partition coefficient (Wildman–Crippen LogP) is 2.85. The maximum atomic E-state index is 13.2. The van der Waals surface area contributed by atoms with Gasteiger partial charge in [0.05, 0.1) is 0 Å². The lowest BCUT2D eigenvalue weighted by Gasteiger charge is -2.33. The van der Waals surface area contributed by atoms with Crippen molar-refractivity contribution < 1.29 is 13.6 Å². The first-order valence-electron chi connectivity index (χ1n) is 8.00. The molecule has 0 unspecified atom stereocenters. The lowest BCUT2D eigenvalue weighted by molar-refractivity contribution is -0.122. The fourth-order valence-corrected chi connectivity index (χ4v) is 3.42. The maximum absolute atomic E-state index is 13.2. The summed E-state index contributed by atoms with van der Waals surface area (Å²) in [5, 5.41) is 2.95. The van der Waals surface area contributed by atoms with Crippen LogP contribution in [-0.4, -0.2) is 18.0 Å². The molecule has 0 spiro atoms. The van der Waals surface area contributed by atoms with Crippen molar-refractivity contribution in [3.05, 3.63) is 35.4 Å². The third-order valence-electron chi connectivity index (χ3n) is 4.96. The van der Waals surface area contributed by atoms with Crippen molar-refractivity contribution in [1.29, 1.82) is 0 Å². The molecule has 0 heterocycles. The van der Waals surface area contributed by atoms with Crippen molar-refractivity contribution in [3.63, 3.8) is 0 Å². The monoisotopic (exact) mass is 308 g/mol. The van der Waals surface area contributed by atoms with Gasteiger partial charge in [-0.05, 0) is 42.9 Å². The number of nitrogens with one attached hydrogen (secondary N) is 1. The molecular weight excluding hydrogens is 286 g/mol. The molecule has 2 saturated carbocycles. The Hall–Kier alpha value is -1.49. The third kappa shape index (κ3) is 3.29. The number of carbonyl (C=O) groups excluding carboxylic acids is 1. The molecule has 3 nitrogen and oxygen atoms in total. The molecule has 22 heavy (non-hydrogen) atoms. The number of hydrogen-bond donors (Lipinski definition) is 2. The van der Waals surface area contributed by atoms with Crippen LogP contribution in [0.3, 0.4) is 0 Å². The van der Waals surface area contributed by atoms with Crippen molar-refractivity contribution in [2.24, 2.45) is 11.7 Å². The van der Waals surface area contributed by atoms with E-state index in [0.29, 0.717) is 18.5 Å². The smallest absolute Gasteiger partial charge is 0.223 e. The molecule has 2 aliphatic rings. The van der Waals surface area contributed by atoms with Crippen LogP contribution in [0.5, 0.6) is 0 Å². The van der Waals surface area contributed by atoms with Gasteiger partial charge < -0.3 is 11.1 Å². The maximum Gasteiger partial charge on any atom is 0.223 e. The molecule has 2 fully saturated rings. The molecule has 3 rings (SSSR count). The van der Waals surface area contributed by atoms with Crippen molar-refractivity contribution in [2.75, 3.05) is 6.54 Å². The van der Waals surface area contributed by atoms with Gasteiger partial charge in [0.1, 0.15) is 0 Å². The molecule has 0 saturated heterocycles. The third-order valence-corrected chi connectivity index (χ3v) is 4.96. The number of halogens is 2. The molecule has 0 radical (unpaired) electrons. The summed E-state index contributed by atoms with van der Waals surface area (Å²) in [6.07, 6.45) is 6.04. The van der Waals surface area contributed by atoms with E-state index in [-0.39, 0.29) is 23.3 Å². The van der Waals surface area contributed by atoms with Crippen molar-refractivity contribution in [1.82, 2.24) is 5.32 Å². The molecule has 0 aromatic heterocycles. The first-order valence-corrected chi connectivity index (χ1v) is 8.00. The van der Waals surface area contributed by atoms with Gasteiger partial charge in [-0.3, -0.25) is 4.79 Å². The summed E-state index contributed by atoms with van der Waals surface area (Å²) in [6.45, 7) is 0.507. The van der Waals surface area contributed by atoms with E-state index in [2.05, 4.69) is 5.32 Å². The highest BCUT2D eigenvalue weighted by molar-refractivity contribution is 5.83. The zero-order chi connectivity index (χ0) is 15.7. The first kappa shape index (κ1) is 15.4. The molecule has 0 aliphatic heterocycles. The highest BCUT2D eigenvalue weighted by atomic mass is 19.2. The van der Waals surface area contributed by atoms with Crippen LogP contribution in [0.15, 0.2) is 18.2 Å². The van der Waals surface area contributed by atoms with Crippen molar-refractivity contribution in [2.45, 2.75) is 50.0 Å². The molecule has 3 N–H and O–H groups in total. The van der Waals surface area contributed by atoms with Crippen molar-refractivity contribution >= 4 is 5.91 Å². The highest BCUT2D eigenvalue weighted by Gasteiger charge is 2.44. The molecule has 5 heteroatoms. The SMILES string of the molecule is NC1(CNC(=O)[C@@H]2C[C@@H]2c2ccc(F)c(F)c2)CCCCC1. The van der Waals surface area contributed by atoms with E-state index in [4.69, 9.17) is 5.73 Å². The fraction of sp³-hybridized carbons (Fsp3) is 0.588. The molecule has 2 atom stereocenters. The lowest BCUT2D eigenvalue weighted by atomic mass is 9.82. The second-order valence-electron chi connectivity index (χ2n) is 6.76. The zero-order valence-corrected chi connectivity index (χ0v) is 12.6. The summed E-state index contributed by atoms with van der Waals surface area (Å²) in [6, 6.07) is 3.87. The van der Waals surface area contributed by atoms with E-state index in [1.807, 2.05) is 0 Å². The van der Waals surface area contributed by atoms with Gasteiger partial charge in [-0.2, -0.15) is 0 Å². The topological polar surface area (TPSA) is 55.1 Å². The molecule has 2 aliphatic carbocycles. The second-order valence-corrected chi connectivity index (χ2v) is 6.76. The van der Waals surface area contributed by atoms with Crippen LogP contribution in [0.4, 0.5) is 8.78 Å². The van der Waals surface area contributed by atoms with Gasteiger partial charge in [0, 0.05) is 18.0 Å². The van der Waals surface area contributed by atoms with Gasteiger partial charge in [0.15, 0.2) is 11.6 Å². The van der Waals surface area contributed by atoms with Crippen LogP contribution >= 0.6 is 0 Å². The van der Waals surface area contributed by atoms with Crippen LogP contribution < -0.4 is 11.1 Å². The summed E-state index contributed by atoms with van der Waals surface area (Å²) in [5.74, 6) is -1.88. The number of rotatable bonds is 4. The summed E-state index contributed by atoms with van der Waals surface area (Å²) in [4.78, 5) is 12.2. The lowest BCUT2D eigenvalue weighted by Crippen LogP contribution is -2.51. The molecule has 0 bridgehead atoms. The van der Waals surface area contributed by atoms with Gasteiger partial charge in [0.2, 0.25) is 5.91 Å². The average molecular weight is 308 g/mol. The predicted molar refractivity (Wildman–Crippen MR) is 80.2 cm³/mol. The van der Waals surface area contributed by atoms with E-state index < -0.39 is 11.6 Å². The van der Waals surface area contributed by atoms with Gasteiger partial charge in [-0.1, -0.05) is 25.3 Å². The largest absolute Gasteiger partial charge is 0.354 e. The van der Waals surface area contributed by atoms with Gasteiger partial charge >= 0.3 is 0 Å². The average Bonchev–Trinajstić information content (AvgIpc) is 3.29. The van der Waals surface area contributed by atoms with Crippen molar-refractivity contribution in [3.8, 4) is 0 Å². The number of benzene rings is 1. The Balaban J connectivity index is 1.53. The first-order chi connectivity index (χ1) is 10.5. The summed E-state index contributed by atoms with van der Waals surface area (Å²) in [5.41, 5.74) is 6.72. The molecular formula is C17H22F2N2O. The van der Waals surface area contributed by atoms with Crippen LogP contribution in [0.1, 0.15) is 50.0 Å². The molecule has 120 valence electrons. The highest BCUT2D eigenvalue weighted by Crippen LogP contribution is 2.47. The standard InChI is InChI=1S/C17H22F2N2O/c18-14-5-4-11(8-15(14)19)12-9-13(12)16(22)21-10-17(20)6-2-1-3-7-17/h4-5,8,12-13H,1-3,6-7,9-10,20H2,(H,21,22)/t12-,13-/m1/s1. The molecule has 1 amide bonds. The number of carbonyl (C=O) groups is 1. The minimum Gasteiger partial charge on any atom is -0.354 e. The number of nitrogens with two attached hydrogens (primary N) is 1. The van der Waals surface area contributed by atoms with Gasteiger partial charge in [-0.25, -0.2) is 8.78 Å². The Morgan fingerprint density at radius 3 is 2.64 bits per heavy atom. The van der Waals surface area contributed by atoms with Crippen LogP contribution in [-0.2, 0) is 4.79 Å². The normalized spacial score (nSPS) is 26.5. The Kier molecular flexibility index (Phi) is 4.17. The van der Waals surface area contributed by atoms with E-state index in [9.17, 15) is 13.6 Å². The minimum atomic E-state index is -0.855. The zero-order valence-electron chi connectivity index (χ0n) is 12.6. The van der Waals surface area contributed by atoms with Crippen LogP contribution in [0.25, 0.3) is 0 Å². The summed E-state index contributed by atoms with van der Waals surface area (Å²) >= 11 is 0. The fourth-order valence-electron chi connectivity index (χ4n) is 3.42. The molecule has 1 aromatic carbocycles. The van der Waals surface area contributed by atoms with Crippen LogP contribution in [0, 0.1) is 17.6 Å². The molecule has 1 aromatic rings. The number of amides is 1. The van der Waals surface area contributed by atoms with Gasteiger partial charge in [0.25, 0.3) is 0 Å². The van der Waals surface area contributed by atoms with Gasteiger partial charge in [-0.15, -0.1) is 0 Å². The quantitative estimate of drug-likeness (QED) is 0.898. The van der Waals surface area contributed by atoms with E-state index >= 15 is 0 Å². The Morgan fingerprint density at radius 1 is 1.23 bits per heavy atom. The Morgan fingerprint density at radius 2 is 1.95 bits per heavy atom. The van der Waals surface area contributed by atoms with Crippen LogP contribution in [0.2, 0.25) is 0 Å². The summed E-state index contributed by atoms with van der Waals surface area (Å²) < 4.78 is 26.2. The van der Waals surface area contributed by atoms with E-state index in [1.165, 1.54) is 12.5 Å². The van der Waals surface area contributed by atoms with E-state index in [1.54, 1.807) is 6.07 Å². The Labute approximate surface area is 129 Å². The minimum absolute atomic E-state index is 0.00446.